The molecule has 0 spiro atoms. The van der Waals surface area contributed by atoms with Crippen LogP contribution in [0.5, 0.6) is 0 Å². The normalized spacial score (nSPS) is 11.6. The molecule has 0 aliphatic heterocycles. The van der Waals surface area contributed by atoms with Gasteiger partial charge in [0.1, 0.15) is 5.82 Å². The van der Waals surface area contributed by atoms with Gasteiger partial charge >= 0.3 is 0 Å². The van der Waals surface area contributed by atoms with Crippen LogP contribution in [0.3, 0.4) is 0 Å². The number of benzene rings is 2. The van der Waals surface area contributed by atoms with E-state index >= 15 is 0 Å². The number of aromatic amines is 1. The highest BCUT2D eigenvalue weighted by molar-refractivity contribution is 5.99. The van der Waals surface area contributed by atoms with Crippen molar-refractivity contribution < 1.29 is 0 Å². The molecule has 0 atom stereocenters. The highest BCUT2D eigenvalue weighted by atomic mass is 14.9. The maximum absolute atomic E-state index is 6.53. The van der Waals surface area contributed by atoms with E-state index in [0.29, 0.717) is 11.6 Å². The minimum Gasteiger partial charge on any atom is -0.398 e. The molecule has 0 amide bonds. The highest BCUT2D eigenvalue weighted by Crippen LogP contribution is 2.32. The molecule has 0 aliphatic carbocycles. The number of aryl methyl sites for hydroxylation is 2. The van der Waals surface area contributed by atoms with E-state index in [1.807, 2.05) is 12.1 Å². The van der Waals surface area contributed by atoms with Crippen LogP contribution >= 0.6 is 0 Å². The fraction of sp³-hybridized carbons (Fsp3) is 0.273. The molecule has 0 bridgehead atoms. The van der Waals surface area contributed by atoms with Crippen molar-refractivity contribution in [2.24, 2.45) is 5.92 Å². The first-order chi connectivity index (χ1) is 12.9. The van der Waals surface area contributed by atoms with Gasteiger partial charge < -0.3 is 16.0 Å². The number of H-pyrrole nitrogens is 1. The molecule has 2 aromatic carbocycles. The van der Waals surface area contributed by atoms with Crippen molar-refractivity contribution in [1.29, 1.82) is 0 Å². The number of nitrogen functional groups attached to an aromatic ring is 1. The van der Waals surface area contributed by atoms with Gasteiger partial charge in [0.25, 0.3) is 0 Å². The number of nitrogens with one attached hydrogen (secondary N) is 2. The van der Waals surface area contributed by atoms with Gasteiger partial charge in [0.05, 0.1) is 27.8 Å². The van der Waals surface area contributed by atoms with Gasteiger partial charge in [-0.2, -0.15) is 0 Å². The quantitative estimate of drug-likeness (QED) is 0.476. The summed E-state index contributed by atoms with van der Waals surface area (Å²) in [5, 5.41) is 4.39. The van der Waals surface area contributed by atoms with Gasteiger partial charge in [0.2, 0.25) is 0 Å². The molecule has 0 unspecified atom stereocenters. The molecule has 0 fully saturated rings. The second-order valence-electron chi connectivity index (χ2n) is 7.63. The molecule has 4 N–H and O–H groups in total. The van der Waals surface area contributed by atoms with Gasteiger partial charge in [-0.3, -0.25) is 4.98 Å². The molecule has 5 heteroatoms. The van der Waals surface area contributed by atoms with E-state index in [1.54, 1.807) is 6.20 Å². The zero-order valence-electron chi connectivity index (χ0n) is 16.2. The van der Waals surface area contributed by atoms with Gasteiger partial charge in [-0.05, 0) is 61.2 Å². The Kier molecular flexibility index (Phi) is 4.22. The lowest BCUT2D eigenvalue weighted by Crippen LogP contribution is -2.07. The van der Waals surface area contributed by atoms with E-state index in [4.69, 9.17) is 10.7 Å². The Morgan fingerprint density at radius 1 is 1.07 bits per heavy atom. The summed E-state index contributed by atoms with van der Waals surface area (Å²) in [4.78, 5) is 12.7. The molecule has 0 saturated carbocycles. The summed E-state index contributed by atoms with van der Waals surface area (Å²) in [6, 6.07) is 10.3. The van der Waals surface area contributed by atoms with Crippen LogP contribution in [0.1, 0.15) is 25.0 Å². The predicted octanol–water partition coefficient (Wildman–Crippen LogP) is 5.05. The summed E-state index contributed by atoms with van der Waals surface area (Å²) in [5.41, 5.74) is 14.4. The summed E-state index contributed by atoms with van der Waals surface area (Å²) in [6.07, 6.45) is 1.80. The first-order valence-corrected chi connectivity index (χ1v) is 9.32. The first-order valence-electron chi connectivity index (χ1n) is 9.32. The lowest BCUT2D eigenvalue weighted by Gasteiger charge is -2.11. The number of anilines is 2. The molecule has 5 nitrogen and oxygen atoms in total. The molecule has 0 radical (unpaired) electrons. The van der Waals surface area contributed by atoms with E-state index in [0.717, 1.165) is 45.6 Å². The van der Waals surface area contributed by atoms with Crippen LogP contribution in [0.4, 0.5) is 11.4 Å². The Balaban J connectivity index is 1.80. The van der Waals surface area contributed by atoms with Gasteiger partial charge in [-0.1, -0.05) is 13.8 Å². The van der Waals surface area contributed by atoms with Crippen LogP contribution in [0, 0.1) is 19.8 Å². The van der Waals surface area contributed by atoms with Crippen molar-refractivity contribution in [3.05, 3.63) is 47.7 Å². The number of pyridine rings is 1. The zero-order valence-corrected chi connectivity index (χ0v) is 16.2. The van der Waals surface area contributed by atoms with Crippen molar-refractivity contribution in [3.63, 3.8) is 0 Å². The molecule has 2 heterocycles. The van der Waals surface area contributed by atoms with Gasteiger partial charge in [-0.25, -0.2) is 4.98 Å². The third-order valence-corrected chi connectivity index (χ3v) is 4.98. The lowest BCUT2D eigenvalue weighted by molar-refractivity contribution is 0.689. The third-order valence-electron chi connectivity index (χ3n) is 4.98. The summed E-state index contributed by atoms with van der Waals surface area (Å²) < 4.78 is 0. The van der Waals surface area contributed by atoms with Crippen molar-refractivity contribution in [1.82, 2.24) is 15.0 Å². The molecule has 27 heavy (non-hydrogen) atoms. The topological polar surface area (TPSA) is 79.6 Å². The Labute approximate surface area is 159 Å². The van der Waals surface area contributed by atoms with Gasteiger partial charge in [-0.15, -0.1) is 0 Å². The molecule has 0 saturated heterocycles. The first kappa shape index (κ1) is 17.3. The Bertz CT molecular complexity index is 1100. The smallest absolute Gasteiger partial charge is 0.142 e. The van der Waals surface area contributed by atoms with Crippen LogP contribution in [-0.4, -0.2) is 21.5 Å². The average Bonchev–Trinajstić information content (AvgIpc) is 3.03. The highest BCUT2D eigenvalue weighted by Gasteiger charge is 2.13. The fourth-order valence-corrected chi connectivity index (χ4v) is 3.23. The molecular formula is C22H25N5. The monoisotopic (exact) mass is 359 g/mol. The molecule has 0 aliphatic rings. The number of fused-ring (bicyclic) bond motifs is 2. The third kappa shape index (κ3) is 3.21. The number of hydrogen-bond acceptors (Lipinski definition) is 4. The van der Waals surface area contributed by atoms with Crippen LogP contribution in [-0.2, 0) is 0 Å². The van der Waals surface area contributed by atoms with E-state index in [9.17, 15) is 0 Å². The number of imidazole rings is 1. The van der Waals surface area contributed by atoms with Crippen LogP contribution in [0.2, 0.25) is 0 Å². The fourth-order valence-electron chi connectivity index (χ4n) is 3.23. The average molecular weight is 359 g/mol. The maximum atomic E-state index is 6.53. The van der Waals surface area contributed by atoms with E-state index in [1.165, 1.54) is 11.1 Å². The summed E-state index contributed by atoms with van der Waals surface area (Å²) >= 11 is 0. The molecular weight excluding hydrogens is 334 g/mol. The molecule has 138 valence electrons. The van der Waals surface area contributed by atoms with Crippen LogP contribution in [0.15, 0.2) is 36.5 Å². The van der Waals surface area contributed by atoms with E-state index in [-0.39, 0.29) is 0 Å². The Morgan fingerprint density at radius 3 is 2.63 bits per heavy atom. The number of hydrogen-bond donors (Lipinski definition) is 3. The number of rotatable bonds is 4. The maximum Gasteiger partial charge on any atom is 0.142 e. The van der Waals surface area contributed by atoms with Gasteiger partial charge in [0.15, 0.2) is 0 Å². The standard InChI is InChI=1S/C22H25N5/c1-12(2)10-24-15-5-6-18-16(9-15)21(23)17(11-25-18)22-26-19-7-13(3)14(4)8-20(19)27-22/h5-9,11-12,24H,10H2,1-4H3,(H2,23,25)(H,26,27). The lowest BCUT2D eigenvalue weighted by atomic mass is 10.1. The van der Waals surface area contributed by atoms with Crippen molar-refractivity contribution >= 4 is 33.3 Å². The van der Waals surface area contributed by atoms with Crippen molar-refractivity contribution in [2.75, 3.05) is 17.6 Å². The molecule has 4 aromatic rings. The Hall–Kier alpha value is -3.08. The van der Waals surface area contributed by atoms with E-state index in [2.05, 4.69) is 61.2 Å². The minimum absolute atomic E-state index is 0.574. The SMILES string of the molecule is Cc1cc2nc(-c3cnc4ccc(NCC(C)C)cc4c3N)[nH]c2cc1C. The second-order valence-corrected chi connectivity index (χ2v) is 7.63. The molecule has 2 aromatic heterocycles. The van der Waals surface area contributed by atoms with Crippen LogP contribution < -0.4 is 11.1 Å². The second kappa shape index (κ2) is 6.58. The number of nitrogens with two attached hydrogens (primary N) is 1. The summed E-state index contributed by atoms with van der Waals surface area (Å²) in [5.74, 6) is 1.33. The van der Waals surface area contributed by atoms with Crippen LogP contribution in [0.25, 0.3) is 33.3 Å². The Morgan fingerprint density at radius 2 is 1.85 bits per heavy atom. The largest absolute Gasteiger partial charge is 0.398 e. The van der Waals surface area contributed by atoms with Crippen molar-refractivity contribution in [3.8, 4) is 11.4 Å². The van der Waals surface area contributed by atoms with Crippen molar-refractivity contribution in [2.45, 2.75) is 27.7 Å². The minimum atomic E-state index is 0.574. The number of nitrogens with zero attached hydrogens (tertiary/aromatic N) is 2. The van der Waals surface area contributed by atoms with E-state index < -0.39 is 0 Å². The zero-order chi connectivity index (χ0) is 19.1. The van der Waals surface area contributed by atoms with Gasteiger partial charge in [0, 0.05) is 23.8 Å². The number of aromatic nitrogens is 3. The molecule has 4 rings (SSSR count). The summed E-state index contributed by atoms with van der Waals surface area (Å²) in [7, 11) is 0. The predicted molar refractivity (Wildman–Crippen MR) is 114 cm³/mol. The summed E-state index contributed by atoms with van der Waals surface area (Å²) in [6.45, 7) is 9.49.